The number of Topliss-reactive ketones (excluding diaryl/α,β-unsaturated/α-hetero) is 1. The zero-order chi connectivity index (χ0) is 44.7. The minimum Gasteiger partial charge on any atom is -0.458 e. The van der Waals surface area contributed by atoms with Crippen LogP contribution in [-0.2, 0) is 44.6 Å². The molecule has 15 nitrogen and oxygen atoms in total. The molecule has 2 unspecified atom stereocenters. The highest BCUT2D eigenvalue weighted by molar-refractivity contribution is 8.00. The molecule has 1 aromatic heterocycles. The molecular weight excluding hydrogens is 832 g/mol. The van der Waals surface area contributed by atoms with Crippen LogP contribution in [0.15, 0.2) is 47.7 Å². The summed E-state index contributed by atoms with van der Waals surface area (Å²) in [6.07, 6.45) is 15.0. The number of likely N-dealkylation sites (tertiary alicyclic amines) is 1. The van der Waals surface area contributed by atoms with E-state index in [1.807, 2.05) is 30.7 Å². The van der Waals surface area contributed by atoms with Gasteiger partial charge in [0.1, 0.15) is 18.5 Å². The fourth-order valence-electron chi connectivity index (χ4n) is 8.84. The largest absolute Gasteiger partial charge is 0.458 e. The van der Waals surface area contributed by atoms with Crippen molar-refractivity contribution in [3.63, 3.8) is 0 Å². The van der Waals surface area contributed by atoms with Crippen molar-refractivity contribution < 1.29 is 47.7 Å². The molecule has 17 heteroatoms. The molecule has 0 bridgehead atoms. The molecule has 4 heterocycles. The maximum atomic E-state index is 15.3. The van der Waals surface area contributed by atoms with Gasteiger partial charge in [-0.2, -0.15) is 11.8 Å². The van der Waals surface area contributed by atoms with E-state index < -0.39 is 23.7 Å². The number of esters is 1. The van der Waals surface area contributed by atoms with Gasteiger partial charge in [-0.25, -0.2) is 14.2 Å². The third kappa shape index (κ3) is 9.77. The lowest BCUT2D eigenvalue weighted by Gasteiger charge is -2.35. The van der Waals surface area contributed by atoms with E-state index in [1.165, 1.54) is 22.7 Å². The van der Waals surface area contributed by atoms with Crippen LogP contribution in [0.5, 0.6) is 0 Å². The van der Waals surface area contributed by atoms with Gasteiger partial charge in [-0.05, 0) is 81.7 Å². The summed E-state index contributed by atoms with van der Waals surface area (Å²) in [5.74, 6) is -1.82. The predicted octanol–water partition coefficient (Wildman–Crippen LogP) is 3.87. The van der Waals surface area contributed by atoms with Crippen LogP contribution in [0.2, 0.25) is 0 Å². The summed E-state index contributed by atoms with van der Waals surface area (Å²) in [6.45, 7) is 7.59. The third-order valence-corrected chi connectivity index (χ3v) is 13.3. The highest BCUT2D eigenvalue weighted by Gasteiger charge is 2.51. The molecule has 7 rings (SSSR count). The second kappa shape index (κ2) is 20.7. The summed E-state index contributed by atoms with van der Waals surface area (Å²) < 4.78 is 31.7. The summed E-state index contributed by atoms with van der Waals surface area (Å²) in [7, 11) is 0. The number of anilines is 1. The number of aromatic nitrogens is 1. The van der Waals surface area contributed by atoms with Gasteiger partial charge in [-0.3, -0.25) is 24.1 Å². The Balaban J connectivity index is 0.805. The van der Waals surface area contributed by atoms with E-state index in [4.69, 9.17) is 19.2 Å². The Hall–Kier alpha value is -4.94. The van der Waals surface area contributed by atoms with E-state index in [0.29, 0.717) is 119 Å². The zero-order valence-electron chi connectivity index (χ0n) is 36.1. The number of imide groups is 1. The Morgan fingerprint density at radius 2 is 1.94 bits per heavy atom. The van der Waals surface area contributed by atoms with Crippen molar-refractivity contribution in [3.8, 4) is 0 Å². The van der Waals surface area contributed by atoms with E-state index in [0.717, 1.165) is 22.9 Å². The number of amides is 3. The molecule has 3 amide bonds. The quantitative estimate of drug-likeness (QED) is 0.0495. The first-order valence-corrected chi connectivity index (χ1v) is 23.1. The minimum atomic E-state index is -1.97. The third-order valence-electron chi connectivity index (χ3n) is 12.3. The molecule has 0 spiro atoms. The van der Waals surface area contributed by atoms with Gasteiger partial charge in [0.15, 0.2) is 11.4 Å². The Bertz CT molecular complexity index is 2260. The number of hydrogen-bond acceptors (Lipinski definition) is 14. The van der Waals surface area contributed by atoms with Gasteiger partial charge in [0.05, 0.1) is 54.6 Å². The van der Waals surface area contributed by atoms with Crippen LogP contribution in [-0.4, -0.2) is 127 Å². The number of cyclic esters (lactones) is 1. The second-order valence-electron chi connectivity index (χ2n) is 16.2. The molecule has 2 aliphatic carbocycles. The normalized spacial score (nSPS) is 22.8. The van der Waals surface area contributed by atoms with Crippen LogP contribution in [0.4, 0.5) is 10.1 Å². The van der Waals surface area contributed by atoms with Crippen LogP contribution in [0, 0.1) is 12.7 Å². The topological polar surface area (TPSA) is 198 Å². The summed E-state index contributed by atoms with van der Waals surface area (Å²) in [4.78, 5) is 70.3. The molecule has 0 radical (unpaired) electrons. The minimum absolute atomic E-state index is 0.0175. The summed E-state index contributed by atoms with van der Waals surface area (Å²) in [6, 6.07) is 0.149. The number of ether oxygens (including phenoxy) is 3. The van der Waals surface area contributed by atoms with Gasteiger partial charge in [0.25, 0.3) is 0 Å². The lowest BCUT2D eigenvalue weighted by molar-refractivity contribution is -0.163. The number of aliphatic hydroxyl groups is 1. The van der Waals surface area contributed by atoms with Crippen LogP contribution < -0.4 is 21.3 Å². The molecule has 1 fully saturated rings. The molecule has 2 aromatic rings. The van der Waals surface area contributed by atoms with Gasteiger partial charge in [0.2, 0.25) is 17.7 Å². The van der Waals surface area contributed by atoms with Crippen molar-refractivity contribution in [2.75, 3.05) is 70.8 Å². The van der Waals surface area contributed by atoms with E-state index in [-0.39, 0.29) is 58.7 Å². The zero-order valence-corrected chi connectivity index (χ0v) is 36.9. The first kappa shape index (κ1) is 46.1. The molecule has 338 valence electrons. The van der Waals surface area contributed by atoms with Gasteiger partial charge >= 0.3 is 5.97 Å². The molecular formula is C46H57FN6O9S. The fourth-order valence-corrected chi connectivity index (χ4v) is 9.48. The smallest absolute Gasteiger partial charge is 0.343 e. The van der Waals surface area contributed by atoms with Crippen molar-refractivity contribution in [3.05, 3.63) is 75.9 Å². The Morgan fingerprint density at radius 1 is 1.13 bits per heavy atom. The molecule has 1 aromatic carbocycles. The van der Waals surface area contributed by atoms with Crippen molar-refractivity contribution in [2.45, 2.75) is 88.1 Å². The molecule has 5 N–H and O–H groups in total. The van der Waals surface area contributed by atoms with Crippen LogP contribution >= 0.6 is 11.8 Å². The molecule has 63 heavy (non-hydrogen) atoms. The number of thioether (sulfide) groups is 1. The lowest BCUT2D eigenvalue weighted by Crippen LogP contribution is -2.49. The Labute approximate surface area is 370 Å². The van der Waals surface area contributed by atoms with Crippen molar-refractivity contribution in [1.82, 2.24) is 25.8 Å². The number of halogens is 1. The maximum absolute atomic E-state index is 15.3. The molecule has 5 aliphatic rings. The van der Waals surface area contributed by atoms with E-state index >= 15 is 4.39 Å². The molecule has 0 saturated carbocycles. The summed E-state index contributed by atoms with van der Waals surface area (Å²) in [5.41, 5.74) is 2.54. The fraction of sp³-hybridized carbons (Fsp3) is 0.522. The first-order chi connectivity index (χ1) is 30.5. The number of benzene rings is 1. The van der Waals surface area contributed by atoms with E-state index in [1.54, 1.807) is 19.9 Å². The van der Waals surface area contributed by atoms with Crippen molar-refractivity contribution in [2.24, 2.45) is 0 Å². The summed E-state index contributed by atoms with van der Waals surface area (Å²) >= 11 is 1.42. The number of nitrogens with one attached hydrogen (secondary N) is 4. The average Bonchev–Trinajstić information content (AvgIpc) is 3.78. The number of nitrogens with zero attached hydrogens (tertiary/aromatic N) is 2. The van der Waals surface area contributed by atoms with Crippen LogP contribution in [0.3, 0.4) is 0 Å². The van der Waals surface area contributed by atoms with E-state index in [2.05, 4.69) is 21.3 Å². The first-order valence-electron chi connectivity index (χ1n) is 21.9. The second-order valence-corrected chi connectivity index (χ2v) is 17.3. The molecule has 4 atom stereocenters. The number of rotatable bonds is 22. The highest BCUT2D eigenvalue weighted by Crippen LogP contribution is 2.50. The maximum Gasteiger partial charge on any atom is 0.343 e. The number of aryl methyl sites for hydroxylation is 1. The monoisotopic (exact) mass is 888 g/mol. The number of fused-ring (bicyclic) bond motifs is 4. The average molecular weight is 889 g/mol. The predicted molar refractivity (Wildman–Crippen MR) is 237 cm³/mol. The van der Waals surface area contributed by atoms with Crippen molar-refractivity contribution in [1.29, 1.82) is 0 Å². The van der Waals surface area contributed by atoms with Crippen LogP contribution in [0.1, 0.15) is 80.3 Å². The van der Waals surface area contributed by atoms with E-state index in [9.17, 15) is 29.1 Å². The van der Waals surface area contributed by atoms with Crippen LogP contribution in [0.25, 0.3) is 16.5 Å². The standard InChI is InChI=1S/C46H57FN6O9S/c1-4-46(59)31-23-29-40-42(52-41(29)43(56)30(31)26-62-45(46)58)39-33(13-12-28-27(2)32(47)24-34(51-40)38(28)39)50-36(54)11-10-16-48-14-6-5-9-19-60-21-22-61-20-17-49-15-7-8-18-53-37(55)25-35(63-3)44(53)57/h5-7,15,23-24,33,35,41,48-49,52,59H,4,8-14,16-22,25-26H2,1-3H3,(H,50,54)/t33-,35?,41?,46-/m0/s1. The van der Waals surface area contributed by atoms with Gasteiger partial charge in [-0.15, -0.1) is 0 Å². The Kier molecular flexibility index (Phi) is 15.1. The van der Waals surface area contributed by atoms with Crippen molar-refractivity contribution >= 4 is 63.4 Å². The number of pyridine rings is 1. The number of carbonyl (C=O) groups is 5. The lowest BCUT2D eigenvalue weighted by atomic mass is 9.77. The Morgan fingerprint density at radius 3 is 2.71 bits per heavy atom. The SMILES string of the molecule is CC[C@@]1(O)C(=O)OCC2=C1C=C1c3nc4cc(F)c(C)c5c4c(c3NC1C2=O)[C@@H](NC(=O)CCCNCC=CCCOCCOCCNC=CCCN1C(=O)CC(SC)C1=O)CC5. The van der Waals surface area contributed by atoms with Gasteiger partial charge < -0.3 is 40.6 Å². The number of carbonyl (C=O) groups excluding carboxylic acids is 5. The summed E-state index contributed by atoms with van der Waals surface area (Å²) in [5, 5.41) is 24.9. The molecule has 1 saturated heterocycles. The molecule has 3 aliphatic heterocycles. The van der Waals surface area contributed by atoms with Gasteiger partial charge in [0, 0.05) is 66.2 Å². The van der Waals surface area contributed by atoms with Gasteiger partial charge in [-0.1, -0.05) is 25.2 Å². The highest BCUT2D eigenvalue weighted by atomic mass is 32.2. The number of ketones is 1. The number of hydrogen-bond donors (Lipinski definition) is 5.